The lowest BCUT2D eigenvalue weighted by Crippen LogP contribution is -2.32. The van der Waals surface area contributed by atoms with Crippen LogP contribution in [-0.2, 0) is 21.4 Å². The van der Waals surface area contributed by atoms with E-state index in [0.717, 1.165) is 10.4 Å². The number of hydrogen-bond donors (Lipinski definition) is 1. The molecule has 3 aromatic rings. The lowest BCUT2D eigenvalue weighted by Gasteiger charge is -2.24. The summed E-state index contributed by atoms with van der Waals surface area (Å²) in [5, 5.41) is 8.53. The zero-order valence-electron chi connectivity index (χ0n) is 16.2. The minimum absolute atomic E-state index is 0.130. The van der Waals surface area contributed by atoms with Crippen LogP contribution in [0.5, 0.6) is 0 Å². The molecule has 29 heavy (non-hydrogen) atoms. The lowest BCUT2D eigenvalue weighted by molar-refractivity contribution is -0.121. The van der Waals surface area contributed by atoms with Gasteiger partial charge in [-0.2, -0.15) is 4.98 Å². The van der Waals surface area contributed by atoms with Crippen molar-refractivity contribution in [2.75, 3.05) is 17.1 Å². The maximum atomic E-state index is 12.2. The van der Waals surface area contributed by atoms with Gasteiger partial charge < -0.3 is 9.84 Å². The van der Waals surface area contributed by atoms with Gasteiger partial charge in [0, 0.05) is 13.0 Å². The number of anilines is 1. The van der Waals surface area contributed by atoms with Gasteiger partial charge in [0.1, 0.15) is 0 Å². The van der Waals surface area contributed by atoms with E-state index >= 15 is 0 Å². The minimum Gasteiger partial charge on any atom is -0.347 e. The highest BCUT2D eigenvalue weighted by atomic mass is 32.2. The smallest absolute Gasteiger partial charge is 0.246 e. The number of carbonyl (C=O) groups is 1. The number of rotatable bonds is 9. The molecular weight excluding hydrogens is 412 g/mol. The fourth-order valence-electron chi connectivity index (χ4n) is 2.79. The Morgan fingerprint density at radius 1 is 1.24 bits per heavy atom. The lowest BCUT2D eigenvalue weighted by atomic mass is 10.2. The van der Waals surface area contributed by atoms with E-state index < -0.39 is 10.0 Å². The molecule has 0 spiro atoms. The standard InChI is InChI=1S/C19H22N4O4S2/c1-14-7-3-4-8-15(14)23(29(2,25)26)11-5-10-17(24)20-13-18-21-19(22-27-18)16-9-6-12-28-16/h3-4,6-9,12H,5,10-11,13H2,1-2H3,(H,20,24). The molecule has 0 aliphatic rings. The summed E-state index contributed by atoms with van der Waals surface area (Å²) in [7, 11) is -3.44. The molecule has 8 nitrogen and oxygen atoms in total. The van der Waals surface area contributed by atoms with Gasteiger partial charge in [-0.1, -0.05) is 29.4 Å². The van der Waals surface area contributed by atoms with Crippen molar-refractivity contribution in [3.05, 3.63) is 53.2 Å². The highest BCUT2D eigenvalue weighted by Crippen LogP contribution is 2.23. The molecule has 2 heterocycles. The highest BCUT2D eigenvalue weighted by Gasteiger charge is 2.19. The second-order valence-electron chi connectivity index (χ2n) is 6.49. The van der Waals surface area contributed by atoms with Gasteiger partial charge >= 0.3 is 0 Å². The van der Waals surface area contributed by atoms with Crippen molar-refractivity contribution in [1.82, 2.24) is 15.5 Å². The number of aryl methyl sites for hydroxylation is 1. The molecule has 0 radical (unpaired) electrons. The summed E-state index contributed by atoms with van der Waals surface area (Å²) in [5.74, 6) is 0.602. The van der Waals surface area contributed by atoms with Crippen LogP contribution in [-0.4, -0.2) is 37.3 Å². The number of amides is 1. The Balaban J connectivity index is 1.50. The van der Waals surface area contributed by atoms with E-state index in [-0.39, 0.29) is 25.4 Å². The molecule has 0 atom stereocenters. The third kappa shape index (κ3) is 5.64. The molecule has 1 aromatic carbocycles. The fraction of sp³-hybridized carbons (Fsp3) is 0.316. The van der Waals surface area contributed by atoms with Crippen molar-refractivity contribution in [3.8, 4) is 10.7 Å². The van der Waals surface area contributed by atoms with Crippen LogP contribution in [0.3, 0.4) is 0 Å². The number of para-hydroxylation sites is 1. The molecule has 3 rings (SSSR count). The SMILES string of the molecule is Cc1ccccc1N(CCCC(=O)NCc1nc(-c2cccs2)no1)S(C)(=O)=O. The molecule has 0 saturated carbocycles. The van der Waals surface area contributed by atoms with Crippen LogP contribution < -0.4 is 9.62 Å². The van der Waals surface area contributed by atoms with Gasteiger partial charge in [-0.3, -0.25) is 9.10 Å². The molecule has 1 N–H and O–H groups in total. The number of nitrogens with one attached hydrogen (secondary N) is 1. The monoisotopic (exact) mass is 434 g/mol. The summed E-state index contributed by atoms with van der Waals surface area (Å²) >= 11 is 1.50. The largest absolute Gasteiger partial charge is 0.347 e. The Morgan fingerprint density at radius 3 is 2.72 bits per heavy atom. The maximum Gasteiger partial charge on any atom is 0.246 e. The maximum absolute atomic E-state index is 12.2. The molecular formula is C19H22N4O4S2. The zero-order chi connectivity index (χ0) is 20.9. The van der Waals surface area contributed by atoms with Gasteiger partial charge in [0.05, 0.1) is 23.4 Å². The molecule has 0 unspecified atom stereocenters. The molecule has 0 aliphatic heterocycles. The summed E-state index contributed by atoms with van der Waals surface area (Å²) in [6.07, 6.45) is 1.74. The van der Waals surface area contributed by atoms with Gasteiger partial charge in [-0.25, -0.2) is 8.42 Å². The second kappa shape index (κ2) is 9.19. The van der Waals surface area contributed by atoms with E-state index in [4.69, 9.17) is 4.52 Å². The minimum atomic E-state index is -3.44. The first-order valence-corrected chi connectivity index (χ1v) is 11.7. The van der Waals surface area contributed by atoms with Gasteiger partial charge in [-0.05, 0) is 36.4 Å². The van der Waals surface area contributed by atoms with Crippen LogP contribution in [0.4, 0.5) is 5.69 Å². The van der Waals surface area contributed by atoms with Crippen molar-refractivity contribution in [1.29, 1.82) is 0 Å². The first-order valence-electron chi connectivity index (χ1n) is 9.01. The van der Waals surface area contributed by atoms with Gasteiger partial charge in [0.15, 0.2) is 0 Å². The fourth-order valence-corrected chi connectivity index (χ4v) is 4.46. The van der Waals surface area contributed by atoms with E-state index in [2.05, 4.69) is 15.5 Å². The van der Waals surface area contributed by atoms with Crippen molar-refractivity contribution < 1.29 is 17.7 Å². The number of nitrogens with zero attached hydrogens (tertiary/aromatic N) is 3. The van der Waals surface area contributed by atoms with Crippen molar-refractivity contribution >= 4 is 33.0 Å². The first kappa shape index (κ1) is 21.0. The highest BCUT2D eigenvalue weighted by molar-refractivity contribution is 7.92. The Morgan fingerprint density at radius 2 is 2.03 bits per heavy atom. The summed E-state index contributed by atoms with van der Waals surface area (Å²) in [4.78, 5) is 17.3. The first-order chi connectivity index (χ1) is 13.8. The number of hydrogen-bond acceptors (Lipinski definition) is 7. The normalized spacial score (nSPS) is 11.4. The Kier molecular flexibility index (Phi) is 6.65. The van der Waals surface area contributed by atoms with Crippen LogP contribution in [0, 0.1) is 6.92 Å². The van der Waals surface area contributed by atoms with Crippen molar-refractivity contribution in [2.45, 2.75) is 26.3 Å². The number of carbonyl (C=O) groups excluding carboxylic acids is 1. The molecule has 0 fully saturated rings. The molecule has 0 bridgehead atoms. The van der Waals surface area contributed by atoms with Crippen LogP contribution in [0.2, 0.25) is 0 Å². The third-order valence-electron chi connectivity index (χ3n) is 4.20. The molecule has 10 heteroatoms. The van der Waals surface area contributed by atoms with Crippen LogP contribution >= 0.6 is 11.3 Å². The number of thiophene rings is 1. The van der Waals surface area contributed by atoms with E-state index in [9.17, 15) is 13.2 Å². The van der Waals surface area contributed by atoms with Gasteiger partial charge in [-0.15, -0.1) is 11.3 Å². The second-order valence-corrected chi connectivity index (χ2v) is 9.35. The van der Waals surface area contributed by atoms with Gasteiger partial charge in [0.25, 0.3) is 0 Å². The third-order valence-corrected chi connectivity index (χ3v) is 6.24. The van der Waals surface area contributed by atoms with E-state index in [1.807, 2.05) is 36.6 Å². The summed E-state index contributed by atoms with van der Waals surface area (Å²) in [5.41, 5.74) is 1.49. The van der Waals surface area contributed by atoms with Gasteiger partial charge in [0.2, 0.25) is 27.6 Å². The number of aromatic nitrogens is 2. The Hall–Kier alpha value is -2.72. The van der Waals surface area contributed by atoms with Crippen molar-refractivity contribution in [2.24, 2.45) is 0 Å². The molecule has 0 aliphatic carbocycles. The van der Waals surface area contributed by atoms with E-state index in [0.29, 0.717) is 23.8 Å². The Labute approximate surface area is 173 Å². The van der Waals surface area contributed by atoms with Crippen molar-refractivity contribution in [3.63, 3.8) is 0 Å². The molecule has 1 amide bonds. The summed E-state index contributed by atoms with van der Waals surface area (Å²) < 4.78 is 30.8. The average molecular weight is 435 g/mol. The van der Waals surface area contributed by atoms with Crippen LogP contribution in [0.25, 0.3) is 10.7 Å². The van der Waals surface area contributed by atoms with E-state index in [1.54, 1.807) is 12.1 Å². The predicted octanol–water partition coefficient (Wildman–Crippen LogP) is 2.97. The average Bonchev–Trinajstić information content (AvgIpc) is 3.35. The topological polar surface area (TPSA) is 105 Å². The zero-order valence-corrected chi connectivity index (χ0v) is 17.8. The molecule has 0 saturated heterocycles. The molecule has 2 aromatic heterocycles. The summed E-state index contributed by atoms with van der Waals surface area (Å²) in [6.45, 7) is 2.21. The van der Waals surface area contributed by atoms with Crippen LogP contribution in [0.1, 0.15) is 24.3 Å². The number of benzene rings is 1. The quantitative estimate of drug-likeness (QED) is 0.555. The van der Waals surface area contributed by atoms with E-state index in [1.165, 1.54) is 21.9 Å². The predicted molar refractivity (Wildman–Crippen MR) is 112 cm³/mol. The summed E-state index contributed by atoms with van der Waals surface area (Å²) in [6, 6.07) is 11.1. The number of sulfonamides is 1. The Bertz CT molecular complexity index is 1060. The molecule has 154 valence electrons. The van der Waals surface area contributed by atoms with Crippen LogP contribution in [0.15, 0.2) is 46.3 Å².